The summed E-state index contributed by atoms with van der Waals surface area (Å²) in [6.07, 6.45) is 0.541. The second-order valence-corrected chi connectivity index (χ2v) is 3.15. The molecule has 0 bridgehead atoms. The van der Waals surface area contributed by atoms with E-state index in [1.54, 1.807) is 0 Å². The minimum atomic E-state index is -0.105. The van der Waals surface area contributed by atoms with Crippen LogP contribution in [0.15, 0.2) is 0 Å². The topological polar surface area (TPSA) is 47.6 Å². The number of ether oxygens (including phenoxy) is 2. The maximum atomic E-state index is 11.1. The van der Waals surface area contributed by atoms with E-state index < -0.39 is 0 Å². The van der Waals surface area contributed by atoms with Crippen molar-refractivity contribution in [3.63, 3.8) is 0 Å². The quantitative estimate of drug-likeness (QED) is 0.476. The van der Waals surface area contributed by atoms with Crippen molar-refractivity contribution in [3.05, 3.63) is 0 Å². The molecule has 76 valence electrons. The minimum Gasteiger partial charge on any atom is -0.463 e. The van der Waals surface area contributed by atoms with Gasteiger partial charge in [-0.05, 0) is 25.9 Å². The molecule has 1 rings (SSSR count). The van der Waals surface area contributed by atoms with E-state index in [4.69, 9.17) is 9.47 Å². The third-order valence-corrected chi connectivity index (χ3v) is 2.02. The Bertz CT molecular complexity index is 157. The van der Waals surface area contributed by atoms with Crippen molar-refractivity contribution in [2.75, 3.05) is 32.9 Å². The number of carbonyl (C=O) groups excluding carboxylic acids is 1. The van der Waals surface area contributed by atoms with E-state index in [1.165, 1.54) is 0 Å². The predicted molar refractivity (Wildman–Crippen MR) is 48.4 cm³/mol. The van der Waals surface area contributed by atoms with E-state index >= 15 is 0 Å². The molecule has 0 saturated carbocycles. The maximum absolute atomic E-state index is 11.1. The highest BCUT2D eigenvalue weighted by Crippen LogP contribution is 2.08. The van der Waals surface area contributed by atoms with Crippen LogP contribution in [0.4, 0.5) is 0 Å². The highest BCUT2D eigenvalue weighted by Gasteiger charge is 2.20. The standard InChI is InChI=1S/C9H17NO3/c1-2-12-3-4-13-9(11)5-8-6-10-7-8/h8,10H,2-7H2,1H3. The first-order chi connectivity index (χ1) is 6.33. The molecule has 0 aromatic heterocycles. The first kappa shape index (κ1) is 10.5. The van der Waals surface area contributed by atoms with E-state index in [-0.39, 0.29) is 5.97 Å². The Morgan fingerprint density at radius 1 is 1.46 bits per heavy atom. The van der Waals surface area contributed by atoms with Crippen molar-refractivity contribution in [1.29, 1.82) is 0 Å². The first-order valence-electron chi connectivity index (χ1n) is 4.77. The Morgan fingerprint density at radius 2 is 2.23 bits per heavy atom. The first-order valence-corrected chi connectivity index (χ1v) is 4.77. The van der Waals surface area contributed by atoms with Gasteiger partial charge in [0.05, 0.1) is 13.0 Å². The van der Waals surface area contributed by atoms with E-state index in [0.29, 0.717) is 32.2 Å². The maximum Gasteiger partial charge on any atom is 0.306 e. The average Bonchev–Trinajstić information content (AvgIpc) is 2.06. The van der Waals surface area contributed by atoms with Crippen LogP contribution in [-0.2, 0) is 14.3 Å². The van der Waals surface area contributed by atoms with Crippen LogP contribution in [0.25, 0.3) is 0 Å². The molecule has 0 spiro atoms. The highest BCUT2D eigenvalue weighted by molar-refractivity contribution is 5.69. The molecular formula is C9H17NO3. The van der Waals surface area contributed by atoms with Gasteiger partial charge in [0.15, 0.2) is 0 Å². The summed E-state index contributed by atoms with van der Waals surface area (Å²) in [7, 11) is 0. The molecule has 0 amide bonds. The number of carbonyl (C=O) groups is 1. The molecule has 0 aromatic rings. The van der Waals surface area contributed by atoms with Gasteiger partial charge in [0.1, 0.15) is 6.61 Å². The molecular weight excluding hydrogens is 170 g/mol. The zero-order valence-corrected chi connectivity index (χ0v) is 8.04. The van der Waals surface area contributed by atoms with Crippen LogP contribution < -0.4 is 5.32 Å². The molecule has 13 heavy (non-hydrogen) atoms. The van der Waals surface area contributed by atoms with Crippen molar-refractivity contribution < 1.29 is 14.3 Å². The molecule has 0 unspecified atom stereocenters. The zero-order valence-electron chi connectivity index (χ0n) is 8.04. The Morgan fingerprint density at radius 3 is 2.77 bits per heavy atom. The molecule has 0 radical (unpaired) electrons. The van der Waals surface area contributed by atoms with E-state index in [2.05, 4.69) is 5.32 Å². The van der Waals surface area contributed by atoms with Gasteiger partial charge < -0.3 is 14.8 Å². The van der Waals surface area contributed by atoms with Crippen molar-refractivity contribution in [2.24, 2.45) is 5.92 Å². The molecule has 0 aliphatic carbocycles. The lowest BCUT2D eigenvalue weighted by atomic mass is 10.00. The fourth-order valence-electron chi connectivity index (χ4n) is 1.15. The smallest absolute Gasteiger partial charge is 0.306 e. The van der Waals surface area contributed by atoms with Crippen molar-refractivity contribution in [3.8, 4) is 0 Å². The van der Waals surface area contributed by atoms with Gasteiger partial charge in [-0.25, -0.2) is 0 Å². The highest BCUT2D eigenvalue weighted by atomic mass is 16.6. The summed E-state index contributed by atoms with van der Waals surface area (Å²) in [6, 6.07) is 0. The SMILES string of the molecule is CCOCCOC(=O)CC1CNC1. The van der Waals surface area contributed by atoms with Gasteiger partial charge in [0.2, 0.25) is 0 Å². The lowest BCUT2D eigenvalue weighted by Crippen LogP contribution is -2.43. The Hall–Kier alpha value is -0.610. The van der Waals surface area contributed by atoms with Crippen LogP contribution in [0.2, 0.25) is 0 Å². The fourth-order valence-corrected chi connectivity index (χ4v) is 1.15. The summed E-state index contributed by atoms with van der Waals surface area (Å²) in [5, 5.41) is 3.11. The third-order valence-electron chi connectivity index (χ3n) is 2.02. The van der Waals surface area contributed by atoms with Gasteiger partial charge >= 0.3 is 5.97 Å². The molecule has 1 aliphatic heterocycles. The zero-order chi connectivity index (χ0) is 9.52. The fraction of sp³-hybridized carbons (Fsp3) is 0.889. The largest absolute Gasteiger partial charge is 0.463 e. The van der Waals surface area contributed by atoms with Gasteiger partial charge in [0, 0.05) is 6.61 Å². The van der Waals surface area contributed by atoms with Crippen molar-refractivity contribution in [2.45, 2.75) is 13.3 Å². The molecule has 1 heterocycles. The van der Waals surface area contributed by atoms with Crippen LogP contribution in [0.1, 0.15) is 13.3 Å². The van der Waals surface area contributed by atoms with Crippen LogP contribution in [0, 0.1) is 5.92 Å². The predicted octanol–water partition coefficient (Wildman–Crippen LogP) is 0.176. The van der Waals surface area contributed by atoms with Gasteiger partial charge in [-0.2, -0.15) is 0 Å². The molecule has 1 N–H and O–H groups in total. The van der Waals surface area contributed by atoms with Crippen LogP contribution in [-0.4, -0.2) is 38.9 Å². The van der Waals surface area contributed by atoms with E-state index in [0.717, 1.165) is 13.1 Å². The molecule has 1 fully saturated rings. The monoisotopic (exact) mass is 187 g/mol. The Balaban J connectivity index is 1.91. The third kappa shape index (κ3) is 4.24. The minimum absolute atomic E-state index is 0.105. The average molecular weight is 187 g/mol. The summed E-state index contributed by atoms with van der Waals surface area (Å²) < 4.78 is 10.00. The van der Waals surface area contributed by atoms with Crippen molar-refractivity contribution >= 4 is 5.97 Å². The summed E-state index contributed by atoms with van der Waals surface area (Å²) in [4.78, 5) is 11.1. The molecule has 4 nitrogen and oxygen atoms in total. The molecule has 1 saturated heterocycles. The second-order valence-electron chi connectivity index (χ2n) is 3.15. The lowest BCUT2D eigenvalue weighted by molar-refractivity contribution is -0.146. The number of rotatable bonds is 6. The Labute approximate surface area is 78.6 Å². The van der Waals surface area contributed by atoms with Gasteiger partial charge in [-0.15, -0.1) is 0 Å². The lowest BCUT2D eigenvalue weighted by Gasteiger charge is -2.25. The summed E-state index contributed by atoms with van der Waals surface area (Å²) >= 11 is 0. The number of hydrogen-bond donors (Lipinski definition) is 1. The van der Waals surface area contributed by atoms with Crippen LogP contribution in [0.5, 0.6) is 0 Å². The normalized spacial score (nSPS) is 16.7. The number of nitrogens with one attached hydrogen (secondary N) is 1. The summed E-state index contributed by atoms with van der Waals surface area (Å²) in [6.45, 7) is 5.37. The molecule has 0 atom stereocenters. The van der Waals surface area contributed by atoms with Gasteiger partial charge in [-0.1, -0.05) is 0 Å². The molecule has 4 heteroatoms. The van der Waals surface area contributed by atoms with Crippen LogP contribution in [0.3, 0.4) is 0 Å². The summed E-state index contributed by atoms with van der Waals surface area (Å²) in [5.74, 6) is 0.380. The Kier molecular flexibility index (Phi) is 4.78. The summed E-state index contributed by atoms with van der Waals surface area (Å²) in [5.41, 5.74) is 0. The van der Waals surface area contributed by atoms with E-state index in [9.17, 15) is 4.79 Å². The van der Waals surface area contributed by atoms with Crippen molar-refractivity contribution in [1.82, 2.24) is 5.32 Å². The number of esters is 1. The molecule has 0 aromatic carbocycles. The number of hydrogen-bond acceptors (Lipinski definition) is 4. The molecule has 1 aliphatic rings. The van der Waals surface area contributed by atoms with Crippen LogP contribution >= 0.6 is 0 Å². The second kappa shape index (κ2) is 5.94. The van der Waals surface area contributed by atoms with E-state index in [1.807, 2.05) is 6.92 Å². The van der Waals surface area contributed by atoms with Gasteiger partial charge in [0.25, 0.3) is 0 Å². The van der Waals surface area contributed by atoms with Gasteiger partial charge in [-0.3, -0.25) is 4.79 Å².